The van der Waals surface area contributed by atoms with E-state index in [9.17, 15) is 14.4 Å². The summed E-state index contributed by atoms with van der Waals surface area (Å²) in [7, 11) is 0. The van der Waals surface area contributed by atoms with Crippen molar-refractivity contribution in [2.24, 2.45) is 0 Å². The van der Waals surface area contributed by atoms with Crippen molar-refractivity contribution in [1.82, 2.24) is 10.2 Å². The molecule has 3 aliphatic heterocycles. The van der Waals surface area contributed by atoms with Crippen LogP contribution in [-0.4, -0.2) is 60.5 Å². The number of carbonyl (C=O) groups excluding carboxylic acids is 3. The third-order valence-electron chi connectivity index (χ3n) is 7.25. The predicted molar refractivity (Wildman–Crippen MR) is 144 cm³/mol. The zero-order valence-corrected chi connectivity index (χ0v) is 20.9. The minimum absolute atomic E-state index is 0.0167. The second kappa shape index (κ2) is 11.7. The second-order valence-corrected chi connectivity index (χ2v) is 9.90. The van der Waals surface area contributed by atoms with Crippen LogP contribution in [0, 0.1) is 0 Å². The summed E-state index contributed by atoms with van der Waals surface area (Å²) in [6.07, 6.45) is 8.64. The van der Waals surface area contributed by atoms with Crippen LogP contribution in [0.15, 0.2) is 48.5 Å². The summed E-state index contributed by atoms with van der Waals surface area (Å²) in [6, 6.07) is 14.8. The molecule has 0 bridgehead atoms. The Bertz CT molecular complexity index is 1130. The molecule has 0 unspecified atom stereocenters. The number of nitrogens with zero attached hydrogens (tertiary/aromatic N) is 1. The predicted octanol–water partition coefficient (Wildman–Crippen LogP) is 3.66. The van der Waals surface area contributed by atoms with Crippen LogP contribution in [0.2, 0.25) is 0 Å². The van der Waals surface area contributed by atoms with Gasteiger partial charge in [0.05, 0.1) is 6.04 Å². The molecule has 0 aliphatic carbocycles. The smallest absolute Gasteiger partial charge is 0.252 e. The van der Waals surface area contributed by atoms with Crippen LogP contribution in [0.25, 0.3) is 12.2 Å². The van der Waals surface area contributed by atoms with E-state index in [2.05, 4.69) is 16.0 Å². The van der Waals surface area contributed by atoms with Gasteiger partial charge in [0, 0.05) is 24.5 Å². The lowest BCUT2D eigenvalue weighted by Gasteiger charge is -2.26. The van der Waals surface area contributed by atoms with Gasteiger partial charge in [-0.2, -0.15) is 0 Å². The first-order chi connectivity index (χ1) is 18.1. The molecule has 0 spiro atoms. The summed E-state index contributed by atoms with van der Waals surface area (Å²) < 4.78 is 5.53. The van der Waals surface area contributed by atoms with Gasteiger partial charge >= 0.3 is 0 Å². The maximum absolute atomic E-state index is 12.9. The first-order valence-corrected chi connectivity index (χ1v) is 13.2. The summed E-state index contributed by atoms with van der Waals surface area (Å²) in [5.41, 5.74) is 3.51. The molecule has 0 aromatic heterocycles. The fourth-order valence-corrected chi connectivity index (χ4v) is 5.17. The average Bonchev–Trinajstić information content (AvgIpc) is 3.71. The molecular weight excluding hydrogens is 468 g/mol. The highest BCUT2D eigenvalue weighted by Crippen LogP contribution is 2.24. The van der Waals surface area contributed by atoms with Gasteiger partial charge in [-0.25, -0.2) is 0 Å². The van der Waals surface area contributed by atoms with E-state index in [4.69, 9.17) is 4.74 Å². The van der Waals surface area contributed by atoms with E-state index in [0.717, 1.165) is 55.5 Å². The molecule has 194 valence electrons. The number of likely N-dealkylation sites (tertiary alicyclic amines) is 1. The fourth-order valence-electron chi connectivity index (χ4n) is 5.17. The molecule has 3 fully saturated rings. The number of rotatable bonds is 7. The van der Waals surface area contributed by atoms with Gasteiger partial charge in [0.15, 0.2) is 0 Å². The van der Waals surface area contributed by atoms with E-state index in [0.29, 0.717) is 25.3 Å². The van der Waals surface area contributed by atoms with Crippen LogP contribution >= 0.6 is 0 Å². The SMILES string of the molecule is O=C(Nc1ccc(/C=C/c2ccc(NC(=O)[C@@H]3CCCN3C(=O)[C@@H]3CCCO3)cc2)cc1)[C@@H]1CCCN1. The van der Waals surface area contributed by atoms with Gasteiger partial charge in [0.2, 0.25) is 11.8 Å². The van der Waals surface area contributed by atoms with Gasteiger partial charge in [-0.05, 0) is 80.5 Å². The Hall–Kier alpha value is -3.49. The molecular formula is C29H34N4O4. The number of ether oxygens (including phenoxy) is 1. The number of nitrogens with one attached hydrogen (secondary N) is 3. The third-order valence-corrected chi connectivity index (χ3v) is 7.25. The van der Waals surface area contributed by atoms with Crippen molar-refractivity contribution in [1.29, 1.82) is 0 Å². The van der Waals surface area contributed by atoms with Crippen LogP contribution in [0.1, 0.15) is 49.7 Å². The molecule has 3 aliphatic rings. The lowest BCUT2D eigenvalue weighted by molar-refractivity contribution is -0.144. The third kappa shape index (κ3) is 6.26. The Kier molecular flexibility index (Phi) is 7.96. The van der Waals surface area contributed by atoms with E-state index in [1.165, 1.54) is 0 Å². The Morgan fingerprint density at radius 1 is 0.811 bits per heavy atom. The van der Waals surface area contributed by atoms with Crippen molar-refractivity contribution >= 4 is 41.2 Å². The van der Waals surface area contributed by atoms with Gasteiger partial charge in [-0.1, -0.05) is 36.4 Å². The number of anilines is 2. The Morgan fingerprint density at radius 3 is 2.03 bits per heavy atom. The van der Waals surface area contributed by atoms with E-state index in [1.54, 1.807) is 4.90 Å². The first kappa shape index (κ1) is 25.2. The fraction of sp³-hybridized carbons (Fsp3) is 0.414. The van der Waals surface area contributed by atoms with Crippen molar-refractivity contribution in [3.63, 3.8) is 0 Å². The molecule has 3 saturated heterocycles. The number of hydrogen-bond acceptors (Lipinski definition) is 5. The maximum atomic E-state index is 12.9. The number of amides is 3. The molecule has 8 nitrogen and oxygen atoms in total. The molecule has 2 aromatic rings. The average molecular weight is 503 g/mol. The largest absolute Gasteiger partial charge is 0.368 e. The summed E-state index contributed by atoms with van der Waals surface area (Å²) in [5.74, 6) is -0.192. The van der Waals surface area contributed by atoms with Crippen molar-refractivity contribution in [3.8, 4) is 0 Å². The van der Waals surface area contributed by atoms with Crippen molar-refractivity contribution in [3.05, 3.63) is 59.7 Å². The van der Waals surface area contributed by atoms with Crippen molar-refractivity contribution in [2.45, 2.75) is 56.7 Å². The van der Waals surface area contributed by atoms with Crippen molar-refractivity contribution in [2.75, 3.05) is 30.3 Å². The monoisotopic (exact) mass is 502 g/mol. The van der Waals surface area contributed by atoms with Gasteiger partial charge in [-0.15, -0.1) is 0 Å². The molecule has 0 radical (unpaired) electrons. The van der Waals surface area contributed by atoms with Gasteiger partial charge < -0.3 is 25.6 Å². The number of hydrogen-bond donors (Lipinski definition) is 3. The van der Waals surface area contributed by atoms with Gasteiger partial charge in [-0.3, -0.25) is 14.4 Å². The Labute approximate surface area is 217 Å². The lowest BCUT2D eigenvalue weighted by atomic mass is 10.1. The van der Waals surface area contributed by atoms with Crippen molar-refractivity contribution < 1.29 is 19.1 Å². The zero-order valence-electron chi connectivity index (χ0n) is 20.9. The topological polar surface area (TPSA) is 99.8 Å². The molecule has 3 heterocycles. The highest BCUT2D eigenvalue weighted by atomic mass is 16.5. The van der Waals surface area contributed by atoms with Crippen LogP contribution in [0.5, 0.6) is 0 Å². The summed E-state index contributed by atoms with van der Waals surface area (Å²) >= 11 is 0. The lowest BCUT2D eigenvalue weighted by Crippen LogP contribution is -2.47. The summed E-state index contributed by atoms with van der Waals surface area (Å²) in [5, 5.41) is 9.13. The standard InChI is InChI=1S/C29H34N4O4/c34-27(24-4-1-17-30-24)31-22-13-9-20(10-14-22)7-8-21-11-15-23(16-12-21)32-28(35)25-5-2-18-33(25)29(36)26-6-3-19-37-26/h7-16,24-26,30H,1-6,17-19H2,(H,31,34)(H,32,35)/b8-7+/t24-,25-,26-/m0/s1. The molecule has 0 saturated carbocycles. The van der Waals surface area contributed by atoms with Gasteiger partial charge in [0.25, 0.3) is 5.91 Å². The van der Waals surface area contributed by atoms with Crippen LogP contribution in [0.4, 0.5) is 11.4 Å². The molecule has 8 heteroatoms. The molecule has 3 N–H and O–H groups in total. The minimum Gasteiger partial charge on any atom is -0.368 e. The molecule has 37 heavy (non-hydrogen) atoms. The van der Waals surface area contributed by atoms with Crippen LogP contribution in [-0.2, 0) is 19.1 Å². The summed E-state index contributed by atoms with van der Waals surface area (Å²) in [6.45, 7) is 2.11. The highest BCUT2D eigenvalue weighted by Gasteiger charge is 2.38. The van der Waals surface area contributed by atoms with E-state index in [1.807, 2.05) is 60.7 Å². The zero-order chi connectivity index (χ0) is 25.6. The first-order valence-electron chi connectivity index (χ1n) is 13.2. The number of benzene rings is 2. The minimum atomic E-state index is -0.446. The normalized spacial score (nSPS) is 23.5. The molecule has 3 atom stereocenters. The quantitative estimate of drug-likeness (QED) is 0.502. The highest BCUT2D eigenvalue weighted by molar-refractivity contribution is 5.98. The van der Waals surface area contributed by atoms with E-state index < -0.39 is 12.1 Å². The summed E-state index contributed by atoms with van der Waals surface area (Å²) in [4.78, 5) is 39.6. The molecule has 2 aromatic carbocycles. The second-order valence-electron chi connectivity index (χ2n) is 9.90. The molecule has 3 amide bonds. The van der Waals surface area contributed by atoms with E-state index in [-0.39, 0.29) is 23.8 Å². The van der Waals surface area contributed by atoms with E-state index >= 15 is 0 Å². The van der Waals surface area contributed by atoms with Gasteiger partial charge in [0.1, 0.15) is 12.1 Å². The van der Waals surface area contributed by atoms with Crippen LogP contribution in [0.3, 0.4) is 0 Å². The van der Waals surface area contributed by atoms with Crippen LogP contribution < -0.4 is 16.0 Å². The maximum Gasteiger partial charge on any atom is 0.252 e. The Morgan fingerprint density at radius 2 is 1.46 bits per heavy atom. The molecule has 5 rings (SSSR count). The number of carbonyl (C=O) groups is 3. The Balaban J connectivity index is 1.13.